The average molecular weight is 336 g/mol. The van der Waals surface area contributed by atoms with Gasteiger partial charge in [0.15, 0.2) is 0 Å². The van der Waals surface area contributed by atoms with E-state index >= 15 is 0 Å². The monoisotopic (exact) mass is 335 g/mol. The molecule has 1 aromatic carbocycles. The van der Waals surface area contributed by atoms with E-state index in [2.05, 4.69) is 9.71 Å². The molecular weight excluding hydrogens is 322 g/mol. The van der Waals surface area contributed by atoms with Gasteiger partial charge in [-0.1, -0.05) is 17.7 Å². The van der Waals surface area contributed by atoms with Crippen LogP contribution in [0, 0.1) is 13.8 Å². The van der Waals surface area contributed by atoms with Crippen LogP contribution in [0.15, 0.2) is 47.6 Å². The molecule has 3 aromatic rings. The molecule has 1 N–H and O–H groups in total. The molecule has 0 amide bonds. The van der Waals surface area contributed by atoms with E-state index in [0.29, 0.717) is 10.7 Å². The Morgan fingerprint density at radius 3 is 2.64 bits per heavy atom. The van der Waals surface area contributed by atoms with Gasteiger partial charge >= 0.3 is 0 Å². The molecule has 0 spiro atoms. The number of hydrogen-bond donors (Lipinski definition) is 1. The maximum Gasteiger partial charge on any atom is 0.261 e. The Balaban J connectivity index is 1.96. The first kappa shape index (κ1) is 14.9. The normalized spacial score (nSPS) is 11.8. The number of fused-ring (bicyclic) bond motifs is 1. The van der Waals surface area contributed by atoms with E-state index in [-0.39, 0.29) is 4.90 Å². The van der Waals surface area contributed by atoms with Crippen molar-refractivity contribution in [2.24, 2.45) is 0 Å². The number of pyridine rings is 1. The van der Waals surface area contributed by atoms with E-state index in [9.17, 15) is 8.42 Å². The molecule has 22 heavy (non-hydrogen) atoms. The van der Waals surface area contributed by atoms with E-state index in [4.69, 9.17) is 11.6 Å². The van der Waals surface area contributed by atoms with Crippen molar-refractivity contribution < 1.29 is 8.42 Å². The molecule has 0 aliphatic rings. The third-order valence-electron chi connectivity index (χ3n) is 3.28. The predicted molar refractivity (Wildman–Crippen MR) is 86.9 cm³/mol. The van der Waals surface area contributed by atoms with E-state index in [1.54, 1.807) is 28.8 Å². The Labute approximate surface area is 133 Å². The first-order valence-electron chi connectivity index (χ1n) is 6.59. The third kappa shape index (κ3) is 2.80. The molecule has 0 radical (unpaired) electrons. The standard InChI is InChI=1S/C15H14ClN3O2S/c1-10-3-5-13(7-14(10)16)22(20,21)18-12-4-6-15-17-11(2)8-19(15)9-12/h3-9,18H,1-2H3. The van der Waals surface area contributed by atoms with Gasteiger partial charge in [-0.15, -0.1) is 0 Å². The summed E-state index contributed by atoms with van der Waals surface area (Å²) in [5.41, 5.74) is 2.92. The summed E-state index contributed by atoms with van der Waals surface area (Å²) < 4.78 is 29.1. The van der Waals surface area contributed by atoms with Crippen molar-refractivity contribution in [2.45, 2.75) is 18.7 Å². The molecule has 0 saturated carbocycles. The maximum absolute atomic E-state index is 12.4. The molecule has 0 atom stereocenters. The number of sulfonamides is 1. The zero-order valence-corrected chi connectivity index (χ0v) is 13.6. The fourth-order valence-electron chi connectivity index (χ4n) is 2.13. The molecule has 3 rings (SSSR count). The van der Waals surface area contributed by atoms with Crippen LogP contribution in [0.4, 0.5) is 5.69 Å². The number of imidazole rings is 1. The van der Waals surface area contributed by atoms with Gasteiger partial charge in [-0.3, -0.25) is 4.72 Å². The van der Waals surface area contributed by atoms with Gasteiger partial charge in [0.05, 0.1) is 16.3 Å². The van der Waals surface area contributed by atoms with Gasteiger partial charge in [0, 0.05) is 17.4 Å². The highest BCUT2D eigenvalue weighted by Gasteiger charge is 2.15. The number of anilines is 1. The van der Waals surface area contributed by atoms with Crippen molar-refractivity contribution in [3.63, 3.8) is 0 Å². The molecule has 0 aliphatic heterocycles. The first-order chi connectivity index (χ1) is 10.3. The molecule has 5 nitrogen and oxygen atoms in total. The Kier molecular flexibility index (Phi) is 3.58. The van der Waals surface area contributed by atoms with Crippen molar-refractivity contribution in [2.75, 3.05) is 4.72 Å². The van der Waals surface area contributed by atoms with Gasteiger partial charge in [-0.05, 0) is 43.7 Å². The number of aryl methyl sites for hydroxylation is 2. The van der Waals surface area contributed by atoms with Crippen molar-refractivity contribution >= 4 is 33.0 Å². The van der Waals surface area contributed by atoms with Crippen LogP contribution in [0.3, 0.4) is 0 Å². The van der Waals surface area contributed by atoms with Crippen LogP contribution < -0.4 is 4.72 Å². The molecule has 0 unspecified atom stereocenters. The van der Waals surface area contributed by atoms with Gasteiger partial charge in [0.2, 0.25) is 0 Å². The number of rotatable bonds is 3. The second-order valence-corrected chi connectivity index (χ2v) is 7.17. The largest absolute Gasteiger partial charge is 0.305 e. The fraction of sp³-hybridized carbons (Fsp3) is 0.133. The SMILES string of the molecule is Cc1cn2cc(NS(=O)(=O)c3ccc(C)c(Cl)c3)ccc2n1. The smallest absolute Gasteiger partial charge is 0.261 e. The molecule has 2 aromatic heterocycles. The van der Waals surface area contributed by atoms with Crippen molar-refractivity contribution in [1.29, 1.82) is 0 Å². The minimum absolute atomic E-state index is 0.130. The van der Waals surface area contributed by atoms with Crippen LogP contribution in [0.1, 0.15) is 11.3 Å². The quantitative estimate of drug-likeness (QED) is 0.797. The lowest BCUT2D eigenvalue weighted by molar-refractivity contribution is 0.601. The number of halogens is 1. The molecule has 0 aliphatic carbocycles. The van der Waals surface area contributed by atoms with E-state index < -0.39 is 10.0 Å². The summed E-state index contributed by atoms with van der Waals surface area (Å²) in [4.78, 5) is 4.43. The number of nitrogens with zero attached hydrogens (tertiary/aromatic N) is 2. The summed E-state index contributed by atoms with van der Waals surface area (Å²) in [6.45, 7) is 3.70. The Hall–Kier alpha value is -2.05. The second-order valence-electron chi connectivity index (χ2n) is 5.08. The highest BCUT2D eigenvalue weighted by molar-refractivity contribution is 7.92. The Morgan fingerprint density at radius 1 is 1.14 bits per heavy atom. The Bertz CT molecular complexity index is 964. The van der Waals surface area contributed by atoms with Crippen molar-refractivity contribution in [3.8, 4) is 0 Å². The summed E-state index contributed by atoms with van der Waals surface area (Å²) in [6, 6.07) is 8.09. The minimum Gasteiger partial charge on any atom is -0.305 e. The number of benzene rings is 1. The lowest BCUT2D eigenvalue weighted by Gasteiger charge is -2.09. The van der Waals surface area contributed by atoms with Crippen LogP contribution in [0.25, 0.3) is 5.65 Å². The van der Waals surface area contributed by atoms with E-state index in [1.807, 2.05) is 20.0 Å². The summed E-state index contributed by atoms with van der Waals surface area (Å²) in [6.07, 6.45) is 3.51. The topological polar surface area (TPSA) is 63.5 Å². The second kappa shape index (κ2) is 5.30. The first-order valence-corrected chi connectivity index (χ1v) is 8.45. The lowest BCUT2D eigenvalue weighted by atomic mass is 10.2. The van der Waals surface area contributed by atoms with Crippen molar-refractivity contribution in [3.05, 3.63) is 59.0 Å². The molecule has 2 heterocycles. The zero-order chi connectivity index (χ0) is 15.9. The lowest BCUT2D eigenvalue weighted by Crippen LogP contribution is -2.13. The fourth-order valence-corrected chi connectivity index (χ4v) is 3.45. The summed E-state index contributed by atoms with van der Waals surface area (Å²) in [5.74, 6) is 0. The molecular formula is C15H14ClN3O2S. The van der Waals surface area contributed by atoms with Gasteiger partial charge in [0.1, 0.15) is 5.65 Å². The van der Waals surface area contributed by atoms with E-state index in [1.165, 1.54) is 12.1 Å². The molecule has 114 valence electrons. The van der Waals surface area contributed by atoms with Crippen LogP contribution in [0.2, 0.25) is 5.02 Å². The number of nitrogens with one attached hydrogen (secondary N) is 1. The highest BCUT2D eigenvalue weighted by atomic mass is 35.5. The zero-order valence-electron chi connectivity index (χ0n) is 12.0. The van der Waals surface area contributed by atoms with Crippen molar-refractivity contribution in [1.82, 2.24) is 9.38 Å². The molecule has 0 fully saturated rings. The van der Waals surface area contributed by atoms with Crippen LogP contribution >= 0.6 is 11.6 Å². The third-order valence-corrected chi connectivity index (χ3v) is 5.06. The van der Waals surface area contributed by atoms with Gasteiger partial charge in [-0.2, -0.15) is 0 Å². The van der Waals surface area contributed by atoms with Crippen LogP contribution in [-0.4, -0.2) is 17.8 Å². The molecule has 0 saturated heterocycles. The van der Waals surface area contributed by atoms with Crippen LogP contribution in [-0.2, 0) is 10.0 Å². The van der Waals surface area contributed by atoms with Gasteiger partial charge in [-0.25, -0.2) is 13.4 Å². The number of hydrogen-bond acceptors (Lipinski definition) is 3. The maximum atomic E-state index is 12.4. The van der Waals surface area contributed by atoms with Gasteiger partial charge < -0.3 is 4.40 Å². The van der Waals surface area contributed by atoms with Crippen LogP contribution in [0.5, 0.6) is 0 Å². The Morgan fingerprint density at radius 2 is 1.91 bits per heavy atom. The summed E-state index contributed by atoms with van der Waals surface area (Å²) >= 11 is 6.00. The summed E-state index contributed by atoms with van der Waals surface area (Å²) in [5, 5.41) is 0.420. The highest BCUT2D eigenvalue weighted by Crippen LogP contribution is 2.22. The average Bonchev–Trinajstić information content (AvgIpc) is 2.80. The molecule has 7 heteroatoms. The number of aromatic nitrogens is 2. The van der Waals surface area contributed by atoms with Gasteiger partial charge in [0.25, 0.3) is 10.0 Å². The molecule has 0 bridgehead atoms. The predicted octanol–water partition coefficient (Wildman–Crippen LogP) is 3.41. The minimum atomic E-state index is -3.68. The summed E-state index contributed by atoms with van der Waals surface area (Å²) in [7, 11) is -3.68. The van der Waals surface area contributed by atoms with E-state index in [0.717, 1.165) is 16.9 Å².